The Labute approximate surface area is 164 Å². The van der Waals surface area contributed by atoms with Crippen molar-refractivity contribution in [1.29, 1.82) is 0 Å². The summed E-state index contributed by atoms with van der Waals surface area (Å²) in [5.41, 5.74) is 4.14. The van der Waals surface area contributed by atoms with E-state index in [0.29, 0.717) is 22.6 Å². The van der Waals surface area contributed by atoms with Crippen LogP contribution < -0.4 is 0 Å². The number of alkyl halides is 3. The average molecular weight is 402 g/mol. The van der Waals surface area contributed by atoms with E-state index in [-0.39, 0.29) is 5.15 Å². The fourth-order valence-corrected chi connectivity index (χ4v) is 3.40. The van der Waals surface area contributed by atoms with Gasteiger partial charge in [-0.25, -0.2) is 9.50 Å². The first-order valence-electron chi connectivity index (χ1n) is 8.54. The zero-order chi connectivity index (χ0) is 20.1. The second kappa shape index (κ2) is 6.63. The number of rotatable bonds is 2. The van der Waals surface area contributed by atoms with Crippen LogP contribution >= 0.6 is 11.6 Å². The van der Waals surface area contributed by atoms with Crippen LogP contribution in [0.3, 0.4) is 0 Å². The highest BCUT2D eigenvalue weighted by molar-refractivity contribution is 6.29. The lowest BCUT2D eigenvalue weighted by molar-refractivity contribution is -0.137. The molecule has 0 unspecified atom stereocenters. The van der Waals surface area contributed by atoms with Crippen molar-refractivity contribution in [2.24, 2.45) is 0 Å². The van der Waals surface area contributed by atoms with Crippen molar-refractivity contribution in [3.63, 3.8) is 0 Å². The minimum Gasteiger partial charge on any atom is -0.216 e. The van der Waals surface area contributed by atoms with Crippen LogP contribution in [0.1, 0.15) is 16.8 Å². The summed E-state index contributed by atoms with van der Waals surface area (Å²) < 4.78 is 41.0. The molecule has 0 fully saturated rings. The van der Waals surface area contributed by atoms with Gasteiger partial charge in [-0.05, 0) is 31.5 Å². The van der Waals surface area contributed by atoms with Crippen molar-refractivity contribution < 1.29 is 13.2 Å². The van der Waals surface area contributed by atoms with Gasteiger partial charge in [0.2, 0.25) is 0 Å². The Bertz CT molecular complexity index is 1180. The molecule has 4 aromatic rings. The number of hydrogen-bond acceptors (Lipinski definition) is 2. The lowest BCUT2D eigenvalue weighted by atomic mass is 10.0. The maximum absolute atomic E-state index is 13.1. The van der Waals surface area contributed by atoms with Crippen LogP contribution in [0.5, 0.6) is 0 Å². The van der Waals surface area contributed by atoms with Crippen molar-refractivity contribution in [2.45, 2.75) is 20.0 Å². The Hall–Kier alpha value is -2.86. The largest absolute Gasteiger partial charge is 0.416 e. The Morgan fingerprint density at radius 1 is 0.929 bits per heavy atom. The van der Waals surface area contributed by atoms with Gasteiger partial charge in [0.1, 0.15) is 5.15 Å². The van der Waals surface area contributed by atoms with E-state index >= 15 is 0 Å². The summed E-state index contributed by atoms with van der Waals surface area (Å²) >= 11 is 6.22. The van der Waals surface area contributed by atoms with Gasteiger partial charge in [-0.2, -0.15) is 18.3 Å². The first-order chi connectivity index (χ1) is 13.2. The molecule has 0 N–H and O–H groups in total. The molecule has 2 heterocycles. The number of nitrogens with zero attached hydrogens (tertiary/aromatic N) is 3. The van der Waals surface area contributed by atoms with Crippen LogP contribution in [0.25, 0.3) is 28.0 Å². The lowest BCUT2D eigenvalue weighted by Gasteiger charge is -2.10. The minimum absolute atomic E-state index is 0.188. The van der Waals surface area contributed by atoms with Gasteiger partial charge in [0, 0.05) is 17.2 Å². The molecule has 0 spiro atoms. The highest BCUT2D eigenvalue weighted by atomic mass is 35.5. The molecule has 0 saturated heterocycles. The third-order valence-corrected chi connectivity index (χ3v) is 4.75. The van der Waals surface area contributed by atoms with E-state index in [1.165, 1.54) is 12.1 Å². The van der Waals surface area contributed by atoms with Gasteiger partial charge in [-0.3, -0.25) is 0 Å². The van der Waals surface area contributed by atoms with E-state index in [1.807, 2.05) is 38.1 Å². The fraction of sp³-hybridized carbons (Fsp3) is 0.143. The standard InChI is InChI=1S/C21H15ClF3N3/c1-12-6-8-14(9-7-12)19-13(2)27-28-17(11-18(22)26-20(19)28)15-4-3-5-16(10-15)21(23,24)25/h3-11H,1-2H3. The molecule has 4 rings (SSSR count). The van der Waals surface area contributed by atoms with Crippen molar-refractivity contribution in [3.05, 3.63) is 76.6 Å². The zero-order valence-electron chi connectivity index (χ0n) is 15.0. The van der Waals surface area contributed by atoms with Crippen LogP contribution in [0.4, 0.5) is 13.2 Å². The number of benzene rings is 2. The van der Waals surface area contributed by atoms with Crippen LogP contribution in [0, 0.1) is 13.8 Å². The third kappa shape index (κ3) is 3.24. The van der Waals surface area contributed by atoms with E-state index < -0.39 is 11.7 Å². The molecule has 28 heavy (non-hydrogen) atoms. The molecule has 2 aromatic carbocycles. The number of fused-ring (bicyclic) bond motifs is 1. The predicted molar refractivity (Wildman–Crippen MR) is 103 cm³/mol. The molecule has 0 radical (unpaired) electrons. The molecule has 0 aliphatic rings. The monoisotopic (exact) mass is 401 g/mol. The first-order valence-corrected chi connectivity index (χ1v) is 8.92. The third-order valence-electron chi connectivity index (χ3n) is 4.56. The van der Waals surface area contributed by atoms with E-state index in [0.717, 1.165) is 28.8 Å². The maximum atomic E-state index is 13.1. The summed E-state index contributed by atoms with van der Waals surface area (Å²) in [5, 5.41) is 4.72. The van der Waals surface area contributed by atoms with Gasteiger partial charge in [0.25, 0.3) is 0 Å². The van der Waals surface area contributed by atoms with Gasteiger partial charge in [0.05, 0.1) is 17.0 Å². The highest BCUT2D eigenvalue weighted by Gasteiger charge is 2.30. The Balaban J connectivity index is 1.97. The normalized spacial score (nSPS) is 11.9. The zero-order valence-corrected chi connectivity index (χ0v) is 15.8. The molecule has 3 nitrogen and oxygen atoms in total. The van der Waals surface area contributed by atoms with Gasteiger partial charge in [0.15, 0.2) is 5.65 Å². The Morgan fingerprint density at radius 3 is 2.32 bits per heavy atom. The molecule has 0 aliphatic heterocycles. The smallest absolute Gasteiger partial charge is 0.216 e. The van der Waals surface area contributed by atoms with E-state index in [9.17, 15) is 13.2 Å². The lowest BCUT2D eigenvalue weighted by Crippen LogP contribution is -2.05. The molecular weight excluding hydrogens is 387 g/mol. The molecule has 142 valence electrons. The molecule has 7 heteroatoms. The number of hydrogen-bond donors (Lipinski definition) is 0. The summed E-state index contributed by atoms with van der Waals surface area (Å²) in [5.74, 6) is 0. The second-order valence-corrected chi connectivity index (χ2v) is 6.99. The molecule has 0 atom stereocenters. The number of aryl methyl sites for hydroxylation is 2. The Morgan fingerprint density at radius 2 is 1.64 bits per heavy atom. The summed E-state index contributed by atoms with van der Waals surface area (Å²) in [6, 6.07) is 14.5. The first kappa shape index (κ1) is 18.5. The Kier molecular flexibility index (Phi) is 4.38. The molecule has 0 amide bonds. The van der Waals surface area contributed by atoms with Crippen LogP contribution in [-0.4, -0.2) is 14.6 Å². The van der Waals surface area contributed by atoms with Gasteiger partial charge in [-0.15, -0.1) is 0 Å². The molecule has 0 saturated carbocycles. The van der Waals surface area contributed by atoms with Gasteiger partial charge in [-0.1, -0.05) is 53.6 Å². The number of halogens is 4. The molecule has 0 aliphatic carbocycles. The van der Waals surface area contributed by atoms with E-state index in [1.54, 1.807) is 10.6 Å². The van der Waals surface area contributed by atoms with Crippen LogP contribution in [-0.2, 0) is 6.18 Å². The topological polar surface area (TPSA) is 30.2 Å². The van der Waals surface area contributed by atoms with Crippen molar-refractivity contribution >= 4 is 17.2 Å². The summed E-state index contributed by atoms with van der Waals surface area (Å²) in [4.78, 5) is 4.40. The van der Waals surface area contributed by atoms with Crippen LogP contribution in [0.15, 0.2) is 54.6 Å². The summed E-state index contributed by atoms with van der Waals surface area (Å²) in [6.45, 7) is 3.83. The van der Waals surface area contributed by atoms with Gasteiger partial charge < -0.3 is 0 Å². The van der Waals surface area contributed by atoms with Crippen molar-refractivity contribution in [1.82, 2.24) is 14.6 Å². The van der Waals surface area contributed by atoms with Crippen molar-refractivity contribution in [2.75, 3.05) is 0 Å². The van der Waals surface area contributed by atoms with Gasteiger partial charge >= 0.3 is 6.18 Å². The SMILES string of the molecule is Cc1ccc(-c2c(C)nn3c(-c4cccc(C(F)(F)F)c4)cc(Cl)nc23)cc1. The minimum atomic E-state index is -4.43. The quantitative estimate of drug-likeness (QED) is 0.366. The fourth-order valence-electron chi connectivity index (χ4n) is 3.21. The summed E-state index contributed by atoms with van der Waals surface area (Å²) in [6.07, 6.45) is -4.43. The van der Waals surface area contributed by atoms with E-state index in [4.69, 9.17) is 11.6 Å². The highest BCUT2D eigenvalue weighted by Crippen LogP contribution is 2.35. The van der Waals surface area contributed by atoms with Crippen molar-refractivity contribution in [3.8, 4) is 22.4 Å². The molecular formula is C21H15ClF3N3. The average Bonchev–Trinajstić information content (AvgIpc) is 2.97. The second-order valence-electron chi connectivity index (χ2n) is 6.60. The molecule has 2 aromatic heterocycles. The molecule has 0 bridgehead atoms. The maximum Gasteiger partial charge on any atom is 0.416 e. The summed E-state index contributed by atoms with van der Waals surface area (Å²) in [7, 11) is 0. The predicted octanol–water partition coefficient (Wildman–Crippen LogP) is 6.35. The van der Waals surface area contributed by atoms with Crippen LogP contribution in [0.2, 0.25) is 5.15 Å². The number of aromatic nitrogens is 3. The van der Waals surface area contributed by atoms with E-state index in [2.05, 4.69) is 10.1 Å².